The van der Waals surface area contributed by atoms with Crippen molar-refractivity contribution in [2.45, 2.75) is 20.3 Å². The molecule has 0 saturated carbocycles. The minimum Gasteiger partial charge on any atom is -0.370 e. The fourth-order valence-corrected chi connectivity index (χ4v) is 2.58. The van der Waals surface area contributed by atoms with Gasteiger partial charge in [-0.25, -0.2) is 9.50 Å². The number of hydrogen-bond acceptors (Lipinski definition) is 4. The summed E-state index contributed by atoms with van der Waals surface area (Å²) in [7, 11) is 0. The van der Waals surface area contributed by atoms with Crippen LogP contribution in [0.5, 0.6) is 0 Å². The van der Waals surface area contributed by atoms with Crippen LogP contribution in [0.2, 0.25) is 0 Å². The number of rotatable bonds is 2. The van der Waals surface area contributed by atoms with Gasteiger partial charge in [-0.3, -0.25) is 4.79 Å². The second-order valence-electron chi connectivity index (χ2n) is 5.29. The molecule has 6 nitrogen and oxygen atoms in total. The van der Waals surface area contributed by atoms with E-state index in [9.17, 15) is 4.79 Å². The number of carbonyl (C=O) groups is 1. The molecule has 1 aliphatic heterocycles. The average molecular weight is 259 g/mol. The Balaban J connectivity index is 2.06. The lowest BCUT2D eigenvalue weighted by Crippen LogP contribution is -2.19. The number of amides is 1. The number of fused-ring (bicyclic) bond motifs is 1. The van der Waals surface area contributed by atoms with E-state index in [4.69, 9.17) is 5.73 Å². The van der Waals surface area contributed by atoms with Gasteiger partial charge in [0.2, 0.25) is 5.82 Å². The van der Waals surface area contributed by atoms with Crippen LogP contribution >= 0.6 is 0 Å². The third-order valence-corrected chi connectivity index (χ3v) is 3.61. The van der Waals surface area contributed by atoms with E-state index in [2.05, 4.69) is 28.0 Å². The second kappa shape index (κ2) is 4.22. The number of nitrogens with zero attached hydrogens (tertiary/aromatic N) is 4. The predicted molar refractivity (Wildman–Crippen MR) is 72.2 cm³/mol. The molecule has 3 rings (SSSR count). The van der Waals surface area contributed by atoms with E-state index in [0.29, 0.717) is 11.6 Å². The van der Waals surface area contributed by atoms with Gasteiger partial charge in [-0.1, -0.05) is 6.92 Å². The molecule has 1 unspecified atom stereocenters. The van der Waals surface area contributed by atoms with Crippen LogP contribution in [-0.2, 0) is 0 Å². The third kappa shape index (κ3) is 2.03. The van der Waals surface area contributed by atoms with Crippen LogP contribution in [0, 0.1) is 12.8 Å². The Labute approximate surface area is 111 Å². The fraction of sp³-hybridized carbons (Fsp3) is 0.462. The molecule has 0 bridgehead atoms. The topological polar surface area (TPSA) is 76.5 Å². The second-order valence-corrected chi connectivity index (χ2v) is 5.29. The maximum atomic E-state index is 11.1. The van der Waals surface area contributed by atoms with Gasteiger partial charge in [0.15, 0.2) is 5.65 Å². The minimum absolute atomic E-state index is 0.0649. The largest absolute Gasteiger partial charge is 0.370 e. The molecule has 1 amide bonds. The van der Waals surface area contributed by atoms with Crippen LogP contribution in [0.3, 0.4) is 0 Å². The molecule has 1 aliphatic rings. The molecular weight excluding hydrogens is 242 g/mol. The number of aryl methyl sites for hydroxylation is 1. The summed E-state index contributed by atoms with van der Waals surface area (Å²) in [4.78, 5) is 17.6. The van der Waals surface area contributed by atoms with Crippen molar-refractivity contribution in [1.29, 1.82) is 0 Å². The van der Waals surface area contributed by atoms with Crippen LogP contribution < -0.4 is 10.6 Å². The van der Waals surface area contributed by atoms with Crippen LogP contribution in [-0.4, -0.2) is 33.6 Å². The van der Waals surface area contributed by atoms with Gasteiger partial charge in [-0.15, -0.1) is 5.10 Å². The maximum Gasteiger partial charge on any atom is 0.288 e. The maximum absolute atomic E-state index is 11.1. The van der Waals surface area contributed by atoms with Gasteiger partial charge in [0.25, 0.3) is 5.91 Å². The zero-order valence-corrected chi connectivity index (χ0v) is 11.1. The normalized spacial score (nSPS) is 19.3. The first-order valence-corrected chi connectivity index (χ1v) is 6.46. The van der Waals surface area contributed by atoms with Gasteiger partial charge in [0.05, 0.1) is 11.9 Å². The monoisotopic (exact) mass is 259 g/mol. The molecule has 1 saturated heterocycles. The summed E-state index contributed by atoms with van der Waals surface area (Å²) in [6.45, 7) is 6.34. The summed E-state index contributed by atoms with van der Waals surface area (Å²) in [5.41, 5.74) is 8.02. The van der Waals surface area contributed by atoms with Crippen molar-refractivity contribution in [3.63, 3.8) is 0 Å². The van der Waals surface area contributed by atoms with Crippen LogP contribution in [0.4, 0.5) is 5.69 Å². The Morgan fingerprint density at radius 1 is 1.53 bits per heavy atom. The number of primary amides is 1. The Morgan fingerprint density at radius 2 is 2.32 bits per heavy atom. The van der Waals surface area contributed by atoms with E-state index in [1.807, 2.05) is 13.1 Å². The SMILES string of the molecule is Cc1cc(N2CCC(C)C2)cn2nc(C(N)=O)nc12. The third-order valence-electron chi connectivity index (χ3n) is 3.61. The van der Waals surface area contributed by atoms with Gasteiger partial charge in [-0.2, -0.15) is 0 Å². The summed E-state index contributed by atoms with van der Waals surface area (Å²) in [6, 6.07) is 2.09. The molecular formula is C13H17N5O. The van der Waals surface area contributed by atoms with Crippen molar-refractivity contribution < 1.29 is 4.79 Å². The highest BCUT2D eigenvalue weighted by molar-refractivity contribution is 5.89. The molecule has 0 radical (unpaired) electrons. The lowest BCUT2D eigenvalue weighted by atomic mass is 10.2. The van der Waals surface area contributed by atoms with E-state index in [-0.39, 0.29) is 5.82 Å². The van der Waals surface area contributed by atoms with Crippen molar-refractivity contribution in [2.24, 2.45) is 11.7 Å². The first-order chi connectivity index (χ1) is 9.04. The lowest BCUT2D eigenvalue weighted by Gasteiger charge is -2.18. The van der Waals surface area contributed by atoms with Crippen molar-refractivity contribution in [2.75, 3.05) is 18.0 Å². The molecule has 0 spiro atoms. The predicted octanol–water partition coefficient (Wildman–Crippen LogP) is 0.983. The highest BCUT2D eigenvalue weighted by Crippen LogP contribution is 2.25. The quantitative estimate of drug-likeness (QED) is 0.872. The zero-order chi connectivity index (χ0) is 13.6. The van der Waals surface area contributed by atoms with Crippen molar-refractivity contribution in [3.05, 3.63) is 23.7 Å². The van der Waals surface area contributed by atoms with E-state index < -0.39 is 5.91 Å². The molecule has 3 heterocycles. The summed E-state index contributed by atoms with van der Waals surface area (Å²) in [6.07, 6.45) is 3.13. The molecule has 0 aliphatic carbocycles. The van der Waals surface area contributed by atoms with E-state index in [0.717, 1.165) is 24.3 Å². The standard InChI is InChI=1S/C13H17N5O/c1-8-3-4-17(6-8)10-5-9(2)13-15-12(11(14)19)16-18(13)7-10/h5,7-8H,3-4,6H2,1-2H3,(H2,14,19). The van der Waals surface area contributed by atoms with Crippen LogP contribution in [0.15, 0.2) is 12.3 Å². The van der Waals surface area contributed by atoms with E-state index in [1.54, 1.807) is 4.52 Å². The van der Waals surface area contributed by atoms with Gasteiger partial charge >= 0.3 is 0 Å². The molecule has 19 heavy (non-hydrogen) atoms. The number of anilines is 1. The summed E-state index contributed by atoms with van der Waals surface area (Å²) < 4.78 is 1.65. The van der Waals surface area contributed by atoms with Crippen molar-refractivity contribution >= 4 is 17.2 Å². The molecule has 2 aromatic heterocycles. The molecule has 1 fully saturated rings. The van der Waals surface area contributed by atoms with E-state index >= 15 is 0 Å². The van der Waals surface area contributed by atoms with Gasteiger partial charge in [0.1, 0.15) is 0 Å². The molecule has 2 aromatic rings. The summed E-state index contributed by atoms with van der Waals surface area (Å²) in [5, 5.41) is 4.13. The summed E-state index contributed by atoms with van der Waals surface area (Å²) in [5.74, 6) is 0.183. The Bertz CT molecular complexity index is 648. The lowest BCUT2D eigenvalue weighted by molar-refractivity contribution is 0.0990. The van der Waals surface area contributed by atoms with E-state index in [1.165, 1.54) is 6.42 Å². The van der Waals surface area contributed by atoms with Gasteiger partial charge in [0, 0.05) is 13.1 Å². The smallest absolute Gasteiger partial charge is 0.288 e. The van der Waals surface area contributed by atoms with Crippen LogP contribution in [0.1, 0.15) is 29.5 Å². The van der Waals surface area contributed by atoms with Crippen LogP contribution in [0.25, 0.3) is 5.65 Å². The van der Waals surface area contributed by atoms with Crippen molar-refractivity contribution in [1.82, 2.24) is 14.6 Å². The number of nitrogens with two attached hydrogens (primary N) is 1. The van der Waals surface area contributed by atoms with Gasteiger partial charge in [-0.05, 0) is 30.9 Å². The van der Waals surface area contributed by atoms with Crippen molar-refractivity contribution in [3.8, 4) is 0 Å². The zero-order valence-electron chi connectivity index (χ0n) is 11.1. The Morgan fingerprint density at radius 3 is 2.95 bits per heavy atom. The molecule has 0 aromatic carbocycles. The highest BCUT2D eigenvalue weighted by atomic mass is 16.1. The molecule has 1 atom stereocenters. The van der Waals surface area contributed by atoms with Gasteiger partial charge < -0.3 is 10.6 Å². The summed E-state index contributed by atoms with van der Waals surface area (Å²) >= 11 is 0. The first-order valence-electron chi connectivity index (χ1n) is 6.46. The number of carbonyl (C=O) groups excluding carboxylic acids is 1. The number of hydrogen-bond donors (Lipinski definition) is 1. The fourth-order valence-electron chi connectivity index (χ4n) is 2.58. The Kier molecular flexibility index (Phi) is 2.66. The molecule has 2 N–H and O–H groups in total. The number of aromatic nitrogens is 3. The molecule has 6 heteroatoms. The number of pyridine rings is 1. The average Bonchev–Trinajstić information content (AvgIpc) is 2.95. The highest BCUT2D eigenvalue weighted by Gasteiger charge is 2.20. The minimum atomic E-state index is -0.598. The first kappa shape index (κ1) is 12.0. The molecule has 100 valence electrons. The Hall–Kier alpha value is -2.11.